The standard InChI is InChI=1S/C8H11BrN4S/c1-13(3-2-7(10)14)8-11-4-6(9)5-12-8/h4-5H,2-3H2,1H3,(H2,10,14). The first-order chi connectivity index (χ1) is 6.59. The molecule has 2 N–H and O–H groups in total. The third-order valence-corrected chi connectivity index (χ3v) is 2.26. The van der Waals surface area contributed by atoms with Crippen LogP contribution in [0.25, 0.3) is 0 Å². The first-order valence-electron chi connectivity index (χ1n) is 4.06. The molecule has 0 aromatic carbocycles. The van der Waals surface area contributed by atoms with Crippen LogP contribution in [0.2, 0.25) is 0 Å². The second-order valence-corrected chi connectivity index (χ2v) is 4.28. The Morgan fingerprint density at radius 3 is 2.64 bits per heavy atom. The highest BCUT2D eigenvalue weighted by atomic mass is 79.9. The molecule has 0 bridgehead atoms. The van der Waals surface area contributed by atoms with Crippen LogP contribution in [0.3, 0.4) is 0 Å². The second-order valence-electron chi connectivity index (χ2n) is 2.84. The molecule has 0 unspecified atom stereocenters. The molecule has 0 saturated carbocycles. The van der Waals surface area contributed by atoms with Gasteiger partial charge in [-0.3, -0.25) is 0 Å². The lowest BCUT2D eigenvalue weighted by atomic mass is 10.4. The van der Waals surface area contributed by atoms with E-state index in [-0.39, 0.29) is 0 Å². The maximum atomic E-state index is 5.40. The largest absolute Gasteiger partial charge is 0.393 e. The SMILES string of the molecule is CN(CCC(N)=S)c1ncc(Br)cn1. The average Bonchev–Trinajstić information content (AvgIpc) is 2.15. The van der Waals surface area contributed by atoms with Crippen molar-refractivity contribution in [2.45, 2.75) is 6.42 Å². The fraction of sp³-hybridized carbons (Fsp3) is 0.375. The molecule has 14 heavy (non-hydrogen) atoms. The van der Waals surface area contributed by atoms with E-state index in [1.165, 1.54) is 0 Å². The van der Waals surface area contributed by atoms with Crippen molar-refractivity contribution in [3.05, 3.63) is 16.9 Å². The first-order valence-corrected chi connectivity index (χ1v) is 5.26. The van der Waals surface area contributed by atoms with Gasteiger partial charge in [-0.25, -0.2) is 9.97 Å². The van der Waals surface area contributed by atoms with Gasteiger partial charge in [0.1, 0.15) is 0 Å². The van der Waals surface area contributed by atoms with Gasteiger partial charge in [-0.05, 0) is 15.9 Å². The molecule has 1 aromatic heterocycles. The first kappa shape index (κ1) is 11.3. The Hall–Kier alpha value is -0.750. The summed E-state index contributed by atoms with van der Waals surface area (Å²) in [4.78, 5) is 10.7. The van der Waals surface area contributed by atoms with Crippen molar-refractivity contribution < 1.29 is 0 Å². The monoisotopic (exact) mass is 274 g/mol. The predicted molar refractivity (Wildman–Crippen MR) is 64.4 cm³/mol. The lowest BCUT2D eigenvalue weighted by molar-refractivity contribution is 0.868. The van der Waals surface area contributed by atoms with E-state index in [1.807, 2.05) is 11.9 Å². The number of anilines is 1. The lowest BCUT2D eigenvalue weighted by Crippen LogP contribution is -2.24. The highest BCUT2D eigenvalue weighted by molar-refractivity contribution is 9.10. The molecule has 1 rings (SSSR count). The Morgan fingerprint density at radius 1 is 1.57 bits per heavy atom. The molecule has 0 spiro atoms. The van der Waals surface area contributed by atoms with Gasteiger partial charge in [-0.15, -0.1) is 0 Å². The summed E-state index contributed by atoms with van der Waals surface area (Å²) < 4.78 is 0.865. The summed E-state index contributed by atoms with van der Waals surface area (Å²) in [7, 11) is 1.90. The predicted octanol–water partition coefficient (Wildman–Crippen LogP) is 1.35. The quantitative estimate of drug-likeness (QED) is 0.841. The van der Waals surface area contributed by atoms with Crippen molar-refractivity contribution in [1.82, 2.24) is 9.97 Å². The van der Waals surface area contributed by atoms with Crippen LogP contribution in [0.5, 0.6) is 0 Å². The molecule has 0 amide bonds. The fourth-order valence-corrected chi connectivity index (χ4v) is 1.18. The molecule has 76 valence electrons. The van der Waals surface area contributed by atoms with Gasteiger partial charge < -0.3 is 10.6 Å². The van der Waals surface area contributed by atoms with E-state index in [4.69, 9.17) is 18.0 Å². The van der Waals surface area contributed by atoms with E-state index in [9.17, 15) is 0 Å². The minimum absolute atomic E-state index is 0.508. The van der Waals surface area contributed by atoms with Crippen LogP contribution in [0.15, 0.2) is 16.9 Å². The van der Waals surface area contributed by atoms with E-state index in [2.05, 4.69) is 25.9 Å². The second kappa shape index (κ2) is 5.21. The van der Waals surface area contributed by atoms with E-state index in [1.54, 1.807) is 12.4 Å². The van der Waals surface area contributed by atoms with Gasteiger partial charge in [-0.1, -0.05) is 12.2 Å². The van der Waals surface area contributed by atoms with Crippen molar-refractivity contribution in [3.8, 4) is 0 Å². The Bertz CT molecular complexity index is 314. The van der Waals surface area contributed by atoms with Crippen LogP contribution in [-0.2, 0) is 0 Å². The van der Waals surface area contributed by atoms with Crippen molar-refractivity contribution in [1.29, 1.82) is 0 Å². The smallest absolute Gasteiger partial charge is 0.225 e. The minimum Gasteiger partial charge on any atom is -0.393 e. The molecular weight excluding hydrogens is 264 g/mol. The van der Waals surface area contributed by atoms with E-state index < -0.39 is 0 Å². The molecule has 0 radical (unpaired) electrons. The maximum absolute atomic E-state index is 5.40. The number of nitrogens with two attached hydrogens (primary N) is 1. The normalized spacial score (nSPS) is 9.86. The fourth-order valence-electron chi connectivity index (χ4n) is 0.880. The summed E-state index contributed by atoms with van der Waals surface area (Å²) in [5.41, 5.74) is 5.40. The number of hydrogen-bond donors (Lipinski definition) is 1. The molecule has 0 aliphatic carbocycles. The summed E-state index contributed by atoms with van der Waals surface area (Å²) in [6.07, 6.45) is 4.09. The van der Waals surface area contributed by atoms with Gasteiger partial charge in [-0.2, -0.15) is 0 Å². The highest BCUT2D eigenvalue weighted by Gasteiger charge is 2.03. The van der Waals surface area contributed by atoms with Gasteiger partial charge in [0.15, 0.2) is 0 Å². The van der Waals surface area contributed by atoms with Crippen LogP contribution >= 0.6 is 28.1 Å². The highest BCUT2D eigenvalue weighted by Crippen LogP contribution is 2.09. The van der Waals surface area contributed by atoms with Crippen LogP contribution in [0, 0.1) is 0 Å². The molecule has 0 aliphatic heterocycles. The van der Waals surface area contributed by atoms with Crippen molar-refractivity contribution >= 4 is 39.1 Å². The zero-order valence-electron chi connectivity index (χ0n) is 7.77. The number of nitrogens with zero attached hydrogens (tertiary/aromatic N) is 3. The summed E-state index contributed by atoms with van der Waals surface area (Å²) in [6, 6.07) is 0. The topological polar surface area (TPSA) is 55.0 Å². The molecule has 0 fully saturated rings. The minimum atomic E-state index is 0.508. The van der Waals surface area contributed by atoms with Crippen molar-refractivity contribution in [2.24, 2.45) is 5.73 Å². The average molecular weight is 275 g/mol. The van der Waals surface area contributed by atoms with Crippen LogP contribution in [0.1, 0.15) is 6.42 Å². The van der Waals surface area contributed by atoms with Gasteiger partial charge >= 0.3 is 0 Å². The Kier molecular flexibility index (Phi) is 4.21. The Morgan fingerprint density at radius 2 is 2.14 bits per heavy atom. The van der Waals surface area contributed by atoms with E-state index in [0.717, 1.165) is 11.0 Å². The van der Waals surface area contributed by atoms with E-state index >= 15 is 0 Å². The maximum Gasteiger partial charge on any atom is 0.225 e. The Balaban J connectivity index is 2.56. The molecule has 6 heteroatoms. The van der Waals surface area contributed by atoms with E-state index in [0.29, 0.717) is 17.4 Å². The van der Waals surface area contributed by atoms with Gasteiger partial charge in [0.25, 0.3) is 0 Å². The van der Waals surface area contributed by atoms with Crippen molar-refractivity contribution in [2.75, 3.05) is 18.5 Å². The molecule has 0 aliphatic rings. The van der Waals surface area contributed by atoms with Crippen LogP contribution < -0.4 is 10.6 Å². The van der Waals surface area contributed by atoms with Gasteiger partial charge in [0.05, 0.1) is 9.46 Å². The molecular formula is C8H11BrN4S. The number of aromatic nitrogens is 2. The molecule has 0 atom stereocenters. The summed E-state index contributed by atoms with van der Waals surface area (Å²) in [6.45, 7) is 0.733. The zero-order chi connectivity index (χ0) is 10.6. The van der Waals surface area contributed by atoms with Crippen molar-refractivity contribution in [3.63, 3.8) is 0 Å². The summed E-state index contributed by atoms with van der Waals surface area (Å²) >= 11 is 8.06. The van der Waals surface area contributed by atoms with Gasteiger partial charge in [0.2, 0.25) is 5.95 Å². The Labute approximate surface area is 96.7 Å². The zero-order valence-corrected chi connectivity index (χ0v) is 10.2. The number of thiocarbonyl (C=S) groups is 1. The third kappa shape index (κ3) is 3.55. The molecule has 1 aromatic rings. The number of halogens is 1. The summed E-state index contributed by atoms with van der Waals surface area (Å²) in [5, 5.41) is 0. The van der Waals surface area contributed by atoms with Gasteiger partial charge in [0, 0.05) is 32.4 Å². The lowest BCUT2D eigenvalue weighted by Gasteiger charge is -2.15. The van der Waals surface area contributed by atoms with Crippen LogP contribution in [0.4, 0.5) is 5.95 Å². The molecule has 0 saturated heterocycles. The number of rotatable bonds is 4. The summed E-state index contributed by atoms with van der Waals surface area (Å²) in [5.74, 6) is 0.671. The number of hydrogen-bond acceptors (Lipinski definition) is 4. The third-order valence-electron chi connectivity index (χ3n) is 1.64. The molecule has 1 heterocycles. The van der Waals surface area contributed by atoms with Crippen LogP contribution in [-0.4, -0.2) is 28.5 Å². The molecule has 4 nitrogen and oxygen atoms in total.